The van der Waals surface area contributed by atoms with E-state index in [0.29, 0.717) is 19.4 Å². The lowest BCUT2D eigenvalue weighted by Crippen LogP contribution is -2.60. The summed E-state index contributed by atoms with van der Waals surface area (Å²) in [4.78, 5) is 66.0. The Balaban J connectivity index is 1.80. The highest BCUT2D eigenvalue weighted by atomic mass is 32.1. The first-order chi connectivity index (χ1) is 26.6. The summed E-state index contributed by atoms with van der Waals surface area (Å²) in [6.07, 6.45) is 4.47. The fraction of sp³-hybridized carbons (Fsp3) is 0.698. The average molecular weight is 799 g/mol. The largest absolute Gasteiger partial charge is 0.379 e. The molecule has 4 amide bonds. The average Bonchev–Trinajstić information content (AvgIpc) is 3.88. The number of methoxy groups -OCH3 is 2. The van der Waals surface area contributed by atoms with Crippen molar-refractivity contribution in [2.24, 2.45) is 23.7 Å². The topological polar surface area (TPSA) is 133 Å². The van der Waals surface area contributed by atoms with Crippen molar-refractivity contribution in [2.45, 2.75) is 129 Å². The van der Waals surface area contributed by atoms with Crippen molar-refractivity contribution in [3.8, 4) is 0 Å². The molecule has 314 valence electrons. The molecule has 1 aliphatic rings. The van der Waals surface area contributed by atoms with Crippen LogP contribution in [0.2, 0.25) is 0 Å². The van der Waals surface area contributed by atoms with Crippen LogP contribution in [0.3, 0.4) is 0 Å². The molecule has 1 saturated heterocycles. The van der Waals surface area contributed by atoms with Gasteiger partial charge in [0.15, 0.2) is 0 Å². The van der Waals surface area contributed by atoms with Crippen molar-refractivity contribution in [1.29, 1.82) is 0 Å². The van der Waals surface area contributed by atoms with E-state index < -0.39 is 30.2 Å². The molecule has 0 unspecified atom stereocenters. The second kappa shape index (κ2) is 22.6. The van der Waals surface area contributed by atoms with Gasteiger partial charge in [0.2, 0.25) is 23.6 Å². The first-order valence-electron chi connectivity index (χ1n) is 20.4. The standard InChI is InChI=1S/C43H70N6O6S/c1-13-28(5)37(48(10)36(27(3)4)41(52)46-42(53)38(47(8)9)29(6)14-2)34(54-11)26-35(50)49-23-18-21-33(49)39(55-12)30(7)40(51)45-32(43-44-22-24-56-43)25-31-19-16-15-17-20-31/h15-17,19-20,22,24,27-30,32-34,36-39H,13-14,18,21,23,25-26H2,1-12H3,(H,45,51)(H,46,52,53)/t28-,29-,30+,32-,33-,34+,36-,37-,38-,39+/m0/s1. The number of nitrogens with one attached hydrogen (secondary N) is 2. The molecule has 12 nitrogen and oxygen atoms in total. The van der Waals surface area contributed by atoms with Gasteiger partial charge in [-0.05, 0) is 63.7 Å². The van der Waals surface area contributed by atoms with E-state index in [0.717, 1.165) is 29.8 Å². The van der Waals surface area contributed by atoms with E-state index in [-0.39, 0.29) is 65.9 Å². The molecule has 2 aromatic rings. The molecular formula is C43H70N6O6S. The van der Waals surface area contributed by atoms with Gasteiger partial charge in [-0.3, -0.25) is 34.3 Å². The third-order valence-electron chi connectivity index (χ3n) is 11.9. The SMILES string of the molecule is CC[C@H](C)[C@@H]([C@@H](CC(=O)N1CCC[C@H]1[C@H](OC)[C@@H](C)C(=O)N[C@@H](Cc1ccccc1)c1nccs1)OC)N(C)[C@H](C(=O)NC(=O)[C@H]([C@@H](C)CC)N(C)C)C(C)C. The number of carbonyl (C=O) groups is 4. The van der Waals surface area contributed by atoms with Gasteiger partial charge in [-0.15, -0.1) is 11.3 Å². The molecule has 0 spiro atoms. The van der Waals surface area contributed by atoms with Crippen molar-refractivity contribution in [3.05, 3.63) is 52.5 Å². The first-order valence-corrected chi connectivity index (χ1v) is 21.3. The zero-order valence-corrected chi connectivity index (χ0v) is 36.8. The number of aromatic nitrogens is 1. The summed E-state index contributed by atoms with van der Waals surface area (Å²) < 4.78 is 12.2. The maximum atomic E-state index is 14.4. The van der Waals surface area contributed by atoms with Gasteiger partial charge in [-0.1, -0.05) is 91.6 Å². The van der Waals surface area contributed by atoms with Crippen LogP contribution in [0.1, 0.15) is 97.2 Å². The van der Waals surface area contributed by atoms with E-state index in [9.17, 15) is 19.2 Å². The van der Waals surface area contributed by atoms with E-state index >= 15 is 0 Å². The lowest BCUT2D eigenvalue weighted by molar-refractivity contribution is -0.144. The van der Waals surface area contributed by atoms with Crippen LogP contribution in [0.5, 0.6) is 0 Å². The van der Waals surface area contributed by atoms with Crippen molar-refractivity contribution >= 4 is 35.0 Å². The molecule has 1 fully saturated rings. The highest BCUT2D eigenvalue weighted by molar-refractivity contribution is 7.09. The summed E-state index contributed by atoms with van der Waals surface area (Å²) in [5.41, 5.74) is 1.10. The predicted octanol–water partition coefficient (Wildman–Crippen LogP) is 5.58. The van der Waals surface area contributed by atoms with Gasteiger partial charge in [-0.25, -0.2) is 4.98 Å². The summed E-state index contributed by atoms with van der Waals surface area (Å²) in [6, 6.07) is 8.04. The minimum Gasteiger partial charge on any atom is -0.379 e. The number of benzene rings is 1. The number of hydrogen-bond donors (Lipinski definition) is 2. The Labute approximate surface area is 340 Å². The van der Waals surface area contributed by atoms with Crippen LogP contribution in [-0.4, -0.2) is 122 Å². The molecule has 13 heteroatoms. The molecule has 3 rings (SSSR count). The summed E-state index contributed by atoms with van der Waals surface area (Å²) in [6.45, 7) is 14.6. The number of carbonyl (C=O) groups excluding carboxylic acids is 4. The predicted molar refractivity (Wildman–Crippen MR) is 223 cm³/mol. The van der Waals surface area contributed by atoms with Crippen LogP contribution in [0.15, 0.2) is 41.9 Å². The third-order valence-corrected chi connectivity index (χ3v) is 12.8. The normalized spacial score (nSPS) is 19.6. The molecule has 56 heavy (non-hydrogen) atoms. The molecule has 1 aromatic carbocycles. The highest BCUT2D eigenvalue weighted by Gasteiger charge is 2.44. The molecule has 1 aliphatic heterocycles. The van der Waals surface area contributed by atoms with Crippen LogP contribution in [0.25, 0.3) is 0 Å². The number of thiazole rings is 1. The lowest BCUT2D eigenvalue weighted by atomic mass is 9.87. The van der Waals surface area contributed by atoms with Gasteiger partial charge < -0.3 is 19.7 Å². The van der Waals surface area contributed by atoms with Crippen molar-refractivity contribution in [2.75, 3.05) is 41.9 Å². The monoisotopic (exact) mass is 799 g/mol. The number of nitrogens with zero attached hydrogens (tertiary/aromatic N) is 4. The number of likely N-dealkylation sites (N-methyl/N-ethyl adjacent to an activating group) is 2. The Morgan fingerprint density at radius 1 is 0.911 bits per heavy atom. The smallest absolute Gasteiger partial charge is 0.244 e. The molecule has 1 aromatic heterocycles. The minimum atomic E-state index is -0.641. The Morgan fingerprint density at radius 2 is 1.55 bits per heavy atom. The van der Waals surface area contributed by atoms with Gasteiger partial charge in [0, 0.05) is 38.4 Å². The van der Waals surface area contributed by atoms with E-state index in [2.05, 4.69) is 29.5 Å². The zero-order chi connectivity index (χ0) is 41.7. The van der Waals surface area contributed by atoms with Crippen LogP contribution < -0.4 is 10.6 Å². The van der Waals surface area contributed by atoms with Crippen LogP contribution >= 0.6 is 11.3 Å². The quantitative estimate of drug-likeness (QED) is 0.157. The van der Waals surface area contributed by atoms with Crippen LogP contribution in [-0.2, 0) is 35.1 Å². The molecule has 0 aliphatic carbocycles. The van der Waals surface area contributed by atoms with E-state index in [1.54, 1.807) is 20.4 Å². The summed E-state index contributed by atoms with van der Waals surface area (Å²) >= 11 is 1.51. The van der Waals surface area contributed by atoms with Gasteiger partial charge >= 0.3 is 0 Å². The van der Waals surface area contributed by atoms with Crippen LogP contribution in [0, 0.1) is 23.7 Å². The number of imide groups is 1. The fourth-order valence-electron chi connectivity index (χ4n) is 8.59. The molecular weight excluding hydrogens is 729 g/mol. The fourth-order valence-corrected chi connectivity index (χ4v) is 9.28. The van der Waals surface area contributed by atoms with Crippen molar-refractivity contribution < 1.29 is 28.7 Å². The minimum absolute atomic E-state index is 0.0589. The number of rotatable bonds is 22. The van der Waals surface area contributed by atoms with E-state index in [1.165, 1.54) is 11.3 Å². The number of ether oxygens (including phenoxy) is 2. The van der Waals surface area contributed by atoms with Gasteiger partial charge in [0.25, 0.3) is 0 Å². The third kappa shape index (κ3) is 12.1. The molecule has 0 bridgehead atoms. The Hall–Kier alpha value is -3.23. The maximum absolute atomic E-state index is 14.4. The molecule has 2 N–H and O–H groups in total. The Kier molecular flexibility index (Phi) is 19.1. The van der Waals surface area contributed by atoms with Crippen molar-refractivity contribution in [1.82, 2.24) is 30.3 Å². The number of amides is 4. The second-order valence-corrected chi connectivity index (χ2v) is 17.2. The molecule has 0 radical (unpaired) electrons. The lowest BCUT2D eigenvalue weighted by Gasteiger charge is -2.43. The zero-order valence-electron chi connectivity index (χ0n) is 36.0. The highest BCUT2D eigenvalue weighted by Crippen LogP contribution is 2.31. The van der Waals surface area contributed by atoms with Gasteiger partial charge in [-0.2, -0.15) is 0 Å². The van der Waals surface area contributed by atoms with Crippen LogP contribution in [0.4, 0.5) is 0 Å². The van der Waals surface area contributed by atoms with Gasteiger partial charge in [0.1, 0.15) is 5.01 Å². The molecule has 10 atom stereocenters. The second-order valence-electron chi connectivity index (χ2n) is 16.3. The Morgan fingerprint density at radius 3 is 2.09 bits per heavy atom. The van der Waals surface area contributed by atoms with Crippen molar-refractivity contribution in [3.63, 3.8) is 0 Å². The first kappa shape index (κ1) is 47.1. The molecule has 2 heterocycles. The number of hydrogen-bond acceptors (Lipinski definition) is 10. The summed E-state index contributed by atoms with van der Waals surface area (Å²) in [7, 11) is 8.83. The number of likely N-dealkylation sites (tertiary alicyclic amines) is 1. The summed E-state index contributed by atoms with van der Waals surface area (Å²) in [5.74, 6) is -1.45. The Bertz CT molecular complexity index is 1510. The van der Waals surface area contributed by atoms with E-state index in [1.807, 2.05) is 106 Å². The summed E-state index contributed by atoms with van der Waals surface area (Å²) in [5, 5.41) is 8.73. The molecule has 0 saturated carbocycles. The maximum Gasteiger partial charge on any atom is 0.244 e. The van der Waals surface area contributed by atoms with E-state index in [4.69, 9.17) is 9.47 Å². The van der Waals surface area contributed by atoms with Gasteiger partial charge in [0.05, 0.1) is 48.7 Å².